The molecular weight excluding hydrogens is 364 g/mol. The van der Waals surface area contributed by atoms with E-state index in [0.29, 0.717) is 17.9 Å². The lowest BCUT2D eigenvalue weighted by Crippen LogP contribution is -2.23. The van der Waals surface area contributed by atoms with Gasteiger partial charge in [-0.1, -0.05) is 43.3 Å². The zero-order valence-corrected chi connectivity index (χ0v) is 16.4. The van der Waals surface area contributed by atoms with E-state index in [-0.39, 0.29) is 24.5 Å². The maximum Gasteiger partial charge on any atom is 0.220 e. The summed E-state index contributed by atoms with van der Waals surface area (Å²) >= 11 is 0. The summed E-state index contributed by atoms with van der Waals surface area (Å²) in [5.41, 5.74) is 4.22. The maximum atomic E-state index is 12.4. The number of Topliss-reactive ketones (excluding diaryl/α,β-unsaturated/α-hetero) is 1. The third-order valence-corrected chi connectivity index (χ3v) is 4.77. The van der Waals surface area contributed by atoms with Gasteiger partial charge in [0.15, 0.2) is 5.78 Å². The van der Waals surface area contributed by atoms with Crippen LogP contribution in [0.25, 0.3) is 11.1 Å². The number of ketones is 1. The van der Waals surface area contributed by atoms with Crippen molar-refractivity contribution in [2.45, 2.75) is 32.7 Å². The molecule has 0 atom stereocenters. The van der Waals surface area contributed by atoms with Crippen molar-refractivity contribution in [2.75, 3.05) is 0 Å². The second-order valence-electron chi connectivity index (χ2n) is 6.80. The molecule has 0 aliphatic rings. The molecule has 2 aromatic carbocycles. The van der Waals surface area contributed by atoms with E-state index in [4.69, 9.17) is 0 Å². The summed E-state index contributed by atoms with van der Waals surface area (Å²) < 4.78 is 0. The lowest BCUT2D eigenvalue weighted by atomic mass is 9.98. The highest BCUT2D eigenvalue weighted by molar-refractivity contribution is 5.98. The van der Waals surface area contributed by atoms with Crippen molar-refractivity contribution >= 4 is 11.7 Å². The molecule has 29 heavy (non-hydrogen) atoms. The Balaban J connectivity index is 1.54. The number of hydrogen-bond acceptors (Lipinski definition) is 4. The fraction of sp³-hybridized carbons (Fsp3) is 0.208. The van der Waals surface area contributed by atoms with Gasteiger partial charge < -0.3 is 10.4 Å². The van der Waals surface area contributed by atoms with Crippen molar-refractivity contribution in [3.8, 4) is 16.9 Å². The fourth-order valence-electron chi connectivity index (χ4n) is 3.05. The minimum Gasteiger partial charge on any atom is -0.508 e. The van der Waals surface area contributed by atoms with Crippen LogP contribution >= 0.6 is 0 Å². The van der Waals surface area contributed by atoms with Crippen LogP contribution in [0.4, 0.5) is 0 Å². The van der Waals surface area contributed by atoms with E-state index in [1.54, 1.807) is 24.4 Å². The molecule has 5 heteroatoms. The molecular formula is C24H24N2O3. The van der Waals surface area contributed by atoms with Crippen molar-refractivity contribution in [1.82, 2.24) is 10.3 Å². The van der Waals surface area contributed by atoms with Gasteiger partial charge in [-0.15, -0.1) is 0 Å². The van der Waals surface area contributed by atoms with Gasteiger partial charge in [-0.05, 0) is 47.4 Å². The van der Waals surface area contributed by atoms with Gasteiger partial charge in [0.1, 0.15) is 5.75 Å². The largest absolute Gasteiger partial charge is 0.508 e. The fourth-order valence-corrected chi connectivity index (χ4v) is 3.05. The smallest absolute Gasteiger partial charge is 0.220 e. The predicted molar refractivity (Wildman–Crippen MR) is 113 cm³/mol. The molecule has 1 amide bonds. The quantitative estimate of drug-likeness (QED) is 0.564. The number of hydrogen-bond donors (Lipinski definition) is 2. The Kier molecular flexibility index (Phi) is 6.74. The topological polar surface area (TPSA) is 79.3 Å². The summed E-state index contributed by atoms with van der Waals surface area (Å²) in [5.74, 6) is 0.0608. The molecule has 2 N–H and O–H groups in total. The third-order valence-electron chi connectivity index (χ3n) is 4.77. The standard InChI is InChI=1S/C24H24N2O3/c1-2-17-15-20(10-11-22(17)27)18-6-8-19(9-7-18)23(28)12-13-24(29)26-16-21-5-3-4-14-25-21/h3-11,14-15,27H,2,12-13,16H2,1H3,(H,26,29). The Morgan fingerprint density at radius 1 is 0.966 bits per heavy atom. The number of phenolic OH excluding ortho intramolecular Hbond substituents is 1. The van der Waals surface area contributed by atoms with Crippen molar-refractivity contribution in [2.24, 2.45) is 0 Å². The number of aryl methyl sites for hydroxylation is 1. The van der Waals surface area contributed by atoms with Crippen molar-refractivity contribution < 1.29 is 14.7 Å². The number of nitrogens with zero attached hydrogens (tertiary/aromatic N) is 1. The number of aromatic hydroxyl groups is 1. The molecule has 1 aromatic heterocycles. The second-order valence-corrected chi connectivity index (χ2v) is 6.80. The molecule has 3 rings (SSSR count). The molecule has 0 saturated heterocycles. The highest BCUT2D eigenvalue weighted by atomic mass is 16.3. The SMILES string of the molecule is CCc1cc(-c2ccc(C(=O)CCC(=O)NCc3ccccn3)cc2)ccc1O. The summed E-state index contributed by atoms with van der Waals surface area (Å²) in [6.07, 6.45) is 2.73. The number of pyridine rings is 1. The lowest BCUT2D eigenvalue weighted by Gasteiger charge is -2.08. The van der Waals surface area contributed by atoms with Gasteiger partial charge in [0, 0.05) is 24.6 Å². The summed E-state index contributed by atoms with van der Waals surface area (Å²) in [4.78, 5) is 28.5. The number of benzene rings is 2. The Labute approximate surface area is 170 Å². The highest BCUT2D eigenvalue weighted by Gasteiger charge is 2.10. The minimum atomic E-state index is -0.170. The molecule has 148 valence electrons. The van der Waals surface area contributed by atoms with Crippen molar-refractivity contribution in [3.05, 3.63) is 83.7 Å². The van der Waals surface area contributed by atoms with Crippen LogP contribution in [0.1, 0.15) is 41.4 Å². The van der Waals surface area contributed by atoms with Gasteiger partial charge in [-0.25, -0.2) is 0 Å². The van der Waals surface area contributed by atoms with Crippen LogP contribution in [0.2, 0.25) is 0 Å². The van der Waals surface area contributed by atoms with Crippen molar-refractivity contribution in [1.29, 1.82) is 0 Å². The zero-order chi connectivity index (χ0) is 20.6. The Morgan fingerprint density at radius 2 is 1.72 bits per heavy atom. The lowest BCUT2D eigenvalue weighted by molar-refractivity contribution is -0.121. The first-order valence-electron chi connectivity index (χ1n) is 9.69. The van der Waals surface area contributed by atoms with Gasteiger partial charge in [0.25, 0.3) is 0 Å². The van der Waals surface area contributed by atoms with Crippen LogP contribution in [0, 0.1) is 0 Å². The average Bonchev–Trinajstić information content (AvgIpc) is 2.77. The normalized spacial score (nSPS) is 10.5. The van der Waals surface area contributed by atoms with Crippen LogP contribution in [0.15, 0.2) is 66.9 Å². The number of phenols is 1. The van der Waals surface area contributed by atoms with Gasteiger partial charge in [-0.3, -0.25) is 14.6 Å². The molecule has 0 aliphatic heterocycles. The first kappa shape index (κ1) is 20.3. The molecule has 0 bridgehead atoms. The van der Waals surface area contributed by atoms with E-state index < -0.39 is 0 Å². The predicted octanol–water partition coefficient (Wildman–Crippen LogP) is 4.30. The molecule has 1 heterocycles. The minimum absolute atomic E-state index is 0.0653. The molecule has 0 radical (unpaired) electrons. The number of aromatic nitrogens is 1. The molecule has 5 nitrogen and oxygen atoms in total. The van der Waals surface area contributed by atoms with Gasteiger partial charge in [-0.2, -0.15) is 0 Å². The zero-order valence-electron chi connectivity index (χ0n) is 16.4. The summed E-state index contributed by atoms with van der Waals surface area (Å²) in [6, 6.07) is 18.4. The Hall–Kier alpha value is -3.47. The number of nitrogens with one attached hydrogen (secondary N) is 1. The maximum absolute atomic E-state index is 12.4. The van der Waals surface area contributed by atoms with Crippen LogP contribution < -0.4 is 5.32 Å². The molecule has 0 unspecified atom stereocenters. The van der Waals surface area contributed by atoms with Gasteiger partial charge in [0.2, 0.25) is 5.91 Å². The molecule has 0 aliphatic carbocycles. The number of carbonyl (C=O) groups is 2. The number of carbonyl (C=O) groups excluding carboxylic acids is 2. The van der Waals surface area contributed by atoms with E-state index in [1.165, 1.54) is 0 Å². The molecule has 3 aromatic rings. The van der Waals surface area contributed by atoms with E-state index in [9.17, 15) is 14.7 Å². The van der Waals surface area contributed by atoms with Crippen molar-refractivity contribution in [3.63, 3.8) is 0 Å². The number of rotatable bonds is 8. The highest BCUT2D eigenvalue weighted by Crippen LogP contribution is 2.26. The first-order chi connectivity index (χ1) is 14.1. The Bertz CT molecular complexity index is 983. The van der Waals surface area contributed by atoms with Gasteiger partial charge >= 0.3 is 0 Å². The number of amides is 1. The average molecular weight is 388 g/mol. The second kappa shape index (κ2) is 9.64. The van der Waals surface area contributed by atoms with Crippen LogP contribution in [0.3, 0.4) is 0 Å². The summed E-state index contributed by atoms with van der Waals surface area (Å²) in [7, 11) is 0. The monoisotopic (exact) mass is 388 g/mol. The van der Waals surface area contributed by atoms with Crippen LogP contribution in [0.5, 0.6) is 5.75 Å². The molecule has 0 saturated carbocycles. The summed E-state index contributed by atoms with van der Waals surface area (Å²) in [5, 5.41) is 12.6. The molecule has 0 spiro atoms. The third kappa shape index (κ3) is 5.51. The van der Waals surface area contributed by atoms with E-state index in [2.05, 4.69) is 10.3 Å². The van der Waals surface area contributed by atoms with E-state index >= 15 is 0 Å². The van der Waals surface area contributed by atoms with Crippen LogP contribution in [-0.4, -0.2) is 21.8 Å². The van der Waals surface area contributed by atoms with E-state index in [1.807, 2.05) is 49.4 Å². The Morgan fingerprint density at radius 3 is 2.41 bits per heavy atom. The van der Waals surface area contributed by atoms with Gasteiger partial charge in [0.05, 0.1) is 12.2 Å². The van der Waals surface area contributed by atoms with Crippen LogP contribution in [-0.2, 0) is 17.8 Å². The summed E-state index contributed by atoms with van der Waals surface area (Å²) in [6.45, 7) is 2.35. The van der Waals surface area contributed by atoms with E-state index in [0.717, 1.165) is 28.8 Å². The molecule has 0 fully saturated rings. The first-order valence-corrected chi connectivity index (χ1v) is 9.69.